The van der Waals surface area contributed by atoms with Crippen molar-refractivity contribution in [1.82, 2.24) is 9.88 Å². The topological polar surface area (TPSA) is 42.2 Å². The molecule has 1 aromatic heterocycles. The van der Waals surface area contributed by atoms with Gasteiger partial charge in [-0.3, -0.25) is 0 Å². The van der Waals surface area contributed by atoms with Crippen molar-refractivity contribution in [3.63, 3.8) is 0 Å². The first-order valence-corrected chi connectivity index (χ1v) is 7.85. The summed E-state index contributed by atoms with van der Waals surface area (Å²) in [5, 5.41) is 1.25. The van der Waals surface area contributed by atoms with Crippen LogP contribution in [0.15, 0.2) is 0 Å². The molecule has 1 aliphatic rings. The number of rotatable bonds is 4. The minimum absolute atomic E-state index is 0.116. The number of thiazole rings is 1. The lowest BCUT2D eigenvalue weighted by atomic mass is 10.0. The summed E-state index contributed by atoms with van der Waals surface area (Å²) in [6.07, 6.45) is 5.17. The molecule has 18 heavy (non-hydrogen) atoms. The Hall–Kier alpha value is -0.450. The molecular weight excluding hydrogens is 242 g/mol. The molecule has 2 N–H and O–H groups in total. The minimum Gasteiger partial charge on any atom is -0.323 e. The van der Waals surface area contributed by atoms with Crippen LogP contribution in [0.2, 0.25) is 0 Å². The second-order valence-electron chi connectivity index (χ2n) is 5.48. The van der Waals surface area contributed by atoms with Gasteiger partial charge in [0.1, 0.15) is 0 Å². The summed E-state index contributed by atoms with van der Waals surface area (Å²) in [5.41, 5.74) is 7.07. The van der Waals surface area contributed by atoms with Crippen molar-refractivity contribution in [1.29, 1.82) is 0 Å². The van der Waals surface area contributed by atoms with E-state index in [1.807, 2.05) is 6.92 Å². The molecule has 4 heteroatoms. The summed E-state index contributed by atoms with van der Waals surface area (Å²) < 4.78 is 0. The lowest BCUT2D eigenvalue weighted by Crippen LogP contribution is -2.38. The van der Waals surface area contributed by atoms with Crippen LogP contribution < -0.4 is 5.73 Å². The molecule has 1 saturated heterocycles. The number of likely N-dealkylation sites (tertiary alicyclic amines) is 1. The average Bonchev–Trinajstić information content (AvgIpc) is 2.70. The van der Waals surface area contributed by atoms with Crippen LogP contribution in [-0.4, -0.2) is 29.0 Å². The molecule has 1 aromatic rings. The number of aryl methyl sites for hydroxylation is 1. The molecule has 0 aromatic carbocycles. The molecule has 0 radical (unpaired) electrons. The fourth-order valence-corrected chi connectivity index (χ4v) is 3.73. The fraction of sp³-hybridized carbons (Fsp3) is 0.786. The maximum absolute atomic E-state index is 5.95. The van der Waals surface area contributed by atoms with Gasteiger partial charge in [-0.2, -0.15) is 0 Å². The highest BCUT2D eigenvalue weighted by Crippen LogP contribution is 2.24. The van der Waals surface area contributed by atoms with Gasteiger partial charge in [0.25, 0.3) is 0 Å². The summed E-state index contributed by atoms with van der Waals surface area (Å²) in [4.78, 5) is 8.50. The lowest BCUT2D eigenvalue weighted by Gasteiger charge is -2.33. The maximum Gasteiger partial charge on any atom is 0.0944 e. The molecule has 0 bridgehead atoms. The van der Waals surface area contributed by atoms with E-state index < -0.39 is 0 Å². The van der Waals surface area contributed by atoms with Crippen LogP contribution >= 0.6 is 11.3 Å². The van der Waals surface area contributed by atoms with Crippen LogP contribution in [0.25, 0.3) is 0 Å². The van der Waals surface area contributed by atoms with E-state index in [0.717, 1.165) is 24.7 Å². The Labute approximate surface area is 114 Å². The number of nitrogens with zero attached hydrogens (tertiary/aromatic N) is 2. The summed E-state index contributed by atoms with van der Waals surface area (Å²) in [5.74, 6) is 0. The predicted molar refractivity (Wildman–Crippen MR) is 78.0 cm³/mol. The Morgan fingerprint density at radius 1 is 1.50 bits per heavy atom. The van der Waals surface area contributed by atoms with Crippen LogP contribution in [0.1, 0.15) is 54.7 Å². The van der Waals surface area contributed by atoms with E-state index >= 15 is 0 Å². The minimum atomic E-state index is 0.116. The highest BCUT2D eigenvalue weighted by atomic mass is 32.1. The predicted octanol–water partition coefficient (Wildman–Crippen LogP) is 2.89. The molecule has 2 heterocycles. The number of piperidine rings is 1. The zero-order valence-corrected chi connectivity index (χ0v) is 12.6. The molecule has 0 saturated carbocycles. The van der Waals surface area contributed by atoms with Gasteiger partial charge in [-0.25, -0.2) is 4.98 Å². The molecule has 0 aliphatic carbocycles. The molecule has 0 amide bonds. The van der Waals surface area contributed by atoms with Crippen molar-refractivity contribution in [3.05, 3.63) is 15.6 Å². The van der Waals surface area contributed by atoms with Gasteiger partial charge in [-0.15, -0.1) is 11.3 Å². The number of nitrogens with two attached hydrogens (primary N) is 1. The maximum atomic E-state index is 5.95. The summed E-state index contributed by atoms with van der Waals surface area (Å²) >= 11 is 1.79. The second-order valence-corrected chi connectivity index (χ2v) is 6.59. The standard InChI is InChI=1S/C14H25N3S/c1-10-6-4-5-8-17(10)9-7-13-16-12(3)14(18-13)11(2)15/h10-11H,4-9,15H2,1-3H3. The SMILES string of the molecule is Cc1nc(CCN2CCCCC2C)sc1C(C)N. The Bertz CT molecular complexity index is 386. The van der Waals surface area contributed by atoms with E-state index in [2.05, 4.69) is 23.7 Å². The van der Waals surface area contributed by atoms with Gasteiger partial charge >= 0.3 is 0 Å². The monoisotopic (exact) mass is 267 g/mol. The molecule has 3 nitrogen and oxygen atoms in total. The highest BCUT2D eigenvalue weighted by molar-refractivity contribution is 7.11. The smallest absolute Gasteiger partial charge is 0.0944 e. The van der Waals surface area contributed by atoms with Crippen LogP contribution in [0.4, 0.5) is 0 Å². The quantitative estimate of drug-likeness (QED) is 0.912. The largest absolute Gasteiger partial charge is 0.323 e. The van der Waals surface area contributed by atoms with Crippen LogP contribution in [-0.2, 0) is 6.42 Å². The zero-order valence-electron chi connectivity index (χ0n) is 11.8. The van der Waals surface area contributed by atoms with Gasteiger partial charge in [-0.05, 0) is 40.2 Å². The van der Waals surface area contributed by atoms with Gasteiger partial charge in [-0.1, -0.05) is 6.42 Å². The van der Waals surface area contributed by atoms with Gasteiger partial charge < -0.3 is 10.6 Å². The molecule has 0 spiro atoms. The third-order valence-electron chi connectivity index (χ3n) is 3.84. The van der Waals surface area contributed by atoms with Crippen molar-refractivity contribution in [3.8, 4) is 0 Å². The van der Waals surface area contributed by atoms with Crippen molar-refractivity contribution in [2.24, 2.45) is 5.73 Å². The van der Waals surface area contributed by atoms with Gasteiger partial charge in [0, 0.05) is 29.9 Å². The van der Waals surface area contributed by atoms with Crippen molar-refractivity contribution in [2.45, 2.75) is 58.5 Å². The zero-order chi connectivity index (χ0) is 13.1. The van der Waals surface area contributed by atoms with Gasteiger partial charge in [0.05, 0.1) is 10.7 Å². The first kappa shape index (κ1) is 14.0. The van der Waals surface area contributed by atoms with Gasteiger partial charge in [0.15, 0.2) is 0 Å². The third kappa shape index (κ3) is 3.31. The summed E-state index contributed by atoms with van der Waals surface area (Å²) in [7, 11) is 0. The van der Waals surface area contributed by atoms with Gasteiger partial charge in [0.2, 0.25) is 0 Å². The molecule has 2 atom stereocenters. The van der Waals surface area contributed by atoms with Crippen molar-refractivity contribution < 1.29 is 0 Å². The summed E-state index contributed by atoms with van der Waals surface area (Å²) in [6.45, 7) is 8.86. The molecule has 1 aliphatic heterocycles. The van der Waals surface area contributed by atoms with Crippen LogP contribution in [0.5, 0.6) is 0 Å². The van der Waals surface area contributed by atoms with Crippen molar-refractivity contribution in [2.75, 3.05) is 13.1 Å². The van der Waals surface area contributed by atoms with E-state index in [1.165, 1.54) is 35.7 Å². The first-order chi connectivity index (χ1) is 8.58. The van der Waals surface area contributed by atoms with E-state index in [0.29, 0.717) is 0 Å². The van der Waals surface area contributed by atoms with Crippen LogP contribution in [0.3, 0.4) is 0 Å². The Morgan fingerprint density at radius 2 is 2.28 bits per heavy atom. The van der Waals surface area contributed by atoms with E-state index in [-0.39, 0.29) is 6.04 Å². The van der Waals surface area contributed by atoms with E-state index in [9.17, 15) is 0 Å². The second kappa shape index (κ2) is 6.13. The summed E-state index contributed by atoms with van der Waals surface area (Å²) in [6, 6.07) is 0.859. The Kier molecular flexibility index (Phi) is 4.76. The fourth-order valence-electron chi connectivity index (χ4n) is 2.72. The molecule has 2 rings (SSSR count). The molecule has 102 valence electrons. The van der Waals surface area contributed by atoms with E-state index in [1.54, 1.807) is 11.3 Å². The number of aromatic nitrogens is 1. The Morgan fingerprint density at radius 3 is 2.89 bits per heavy atom. The van der Waals surface area contributed by atoms with E-state index in [4.69, 9.17) is 5.73 Å². The first-order valence-electron chi connectivity index (χ1n) is 7.03. The Balaban J connectivity index is 1.91. The third-order valence-corrected chi connectivity index (χ3v) is 5.26. The molecular formula is C14H25N3S. The lowest BCUT2D eigenvalue weighted by molar-refractivity contribution is 0.163. The average molecular weight is 267 g/mol. The molecule has 1 fully saturated rings. The highest BCUT2D eigenvalue weighted by Gasteiger charge is 2.18. The van der Waals surface area contributed by atoms with Crippen molar-refractivity contribution >= 4 is 11.3 Å². The normalized spacial score (nSPS) is 23.2. The van der Waals surface area contributed by atoms with Crippen LogP contribution in [0, 0.1) is 6.92 Å². The number of hydrogen-bond donors (Lipinski definition) is 1. The number of hydrogen-bond acceptors (Lipinski definition) is 4. The molecule has 2 unspecified atom stereocenters.